The SMILES string of the molecule is CCC(CC)C(=O)/C=C(\O)C(CC)CC.Cn1c2cc(C(C)(C)C)c3ccccc3c2c2ncnc(-c3[c-]cc4ccccc4c3)c21.[Ir]. The standard InChI is InChI=1S/C29H24N3.C13H24O2.Ir/c1-29(2,3)23-16-24-25(22-12-8-7-11-21(22)23)27-28(32(24)4)26(30-17-31-27)20-14-13-18-9-5-6-10-19(18)15-20;1-5-10(6-2)12(14)9-13(15)11(7-3)8-4;/h5-13,15-17H,1-4H3;9-11,14H,5-8H2,1-4H3;/q-1;;/b;12-9-;. The largest absolute Gasteiger partial charge is 0.512 e. The molecular weight excluding hydrogens is 771 g/mol. The fraction of sp³-hybridized carbons (Fsp3) is 0.357. The number of aryl methyl sites for hydroxylation is 1. The molecule has 2 aromatic heterocycles. The minimum absolute atomic E-state index is 0. The van der Waals surface area contributed by atoms with Crippen molar-refractivity contribution in [1.82, 2.24) is 14.5 Å². The van der Waals surface area contributed by atoms with Crippen LogP contribution in [0.1, 0.15) is 79.7 Å². The summed E-state index contributed by atoms with van der Waals surface area (Å²) in [6, 6.07) is 27.1. The molecule has 0 fully saturated rings. The Morgan fingerprint density at radius 1 is 0.875 bits per heavy atom. The summed E-state index contributed by atoms with van der Waals surface area (Å²) < 4.78 is 2.25. The van der Waals surface area contributed by atoms with Crippen molar-refractivity contribution in [2.75, 3.05) is 0 Å². The van der Waals surface area contributed by atoms with Crippen LogP contribution in [0, 0.1) is 17.9 Å². The minimum atomic E-state index is 0. The Labute approximate surface area is 298 Å². The number of aliphatic hydroxyl groups is 1. The molecule has 0 aliphatic rings. The number of aromatic nitrogens is 3. The van der Waals surface area contributed by atoms with E-state index in [1.54, 1.807) is 6.33 Å². The molecule has 0 spiro atoms. The Balaban J connectivity index is 0.000000279. The zero-order valence-electron chi connectivity index (χ0n) is 29.5. The zero-order chi connectivity index (χ0) is 33.9. The molecule has 0 aliphatic heterocycles. The Hall–Kier alpha value is -3.86. The number of nitrogens with zero attached hydrogens (tertiary/aromatic N) is 3. The summed E-state index contributed by atoms with van der Waals surface area (Å²) in [5.74, 6) is 0.547. The van der Waals surface area contributed by atoms with Crippen molar-refractivity contribution >= 4 is 49.3 Å². The van der Waals surface area contributed by atoms with E-state index in [4.69, 9.17) is 9.97 Å². The maximum atomic E-state index is 11.7. The molecule has 0 saturated heterocycles. The average Bonchev–Trinajstić information content (AvgIpc) is 3.37. The normalized spacial score (nSPS) is 12.2. The van der Waals surface area contributed by atoms with Gasteiger partial charge in [-0.1, -0.05) is 102 Å². The maximum absolute atomic E-state index is 11.7. The van der Waals surface area contributed by atoms with Crippen molar-refractivity contribution < 1.29 is 30.0 Å². The molecule has 0 bridgehead atoms. The Bertz CT molecular complexity index is 2080. The summed E-state index contributed by atoms with van der Waals surface area (Å²) in [4.78, 5) is 21.2. The Morgan fingerprint density at radius 3 is 2.10 bits per heavy atom. The van der Waals surface area contributed by atoms with Crippen molar-refractivity contribution in [2.45, 2.75) is 79.6 Å². The first-order valence-corrected chi connectivity index (χ1v) is 17.0. The smallest absolute Gasteiger partial charge is 0.162 e. The third-order valence-corrected chi connectivity index (χ3v) is 9.60. The molecule has 5 nitrogen and oxygen atoms in total. The van der Waals surface area contributed by atoms with Crippen LogP contribution in [-0.2, 0) is 37.4 Å². The number of allylic oxidation sites excluding steroid dienone is 2. The second-order valence-electron chi connectivity index (χ2n) is 13.6. The molecule has 0 aliphatic carbocycles. The quantitative estimate of drug-likeness (QED) is 0.0944. The first-order chi connectivity index (χ1) is 22.5. The molecular formula is C42H48IrN3O2-. The van der Waals surface area contributed by atoms with Gasteiger partial charge in [0.25, 0.3) is 0 Å². The second-order valence-corrected chi connectivity index (χ2v) is 13.6. The summed E-state index contributed by atoms with van der Waals surface area (Å²) in [6.07, 6.45) is 6.59. The van der Waals surface area contributed by atoms with Crippen molar-refractivity contribution in [3.8, 4) is 11.3 Å². The van der Waals surface area contributed by atoms with Crippen molar-refractivity contribution in [1.29, 1.82) is 0 Å². The van der Waals surface area contributed by atoms with E-state index in [1.165, 1.54) is 44.1 Å². The van der Waals surface area contributed by atoms with E-state index in [0.29, 0.717) is 0 Å². The van der Waals surface area contributed by atoms with Gasteiger partial charge >= 0.3 is 0 Å². The summed E-state index contributed by atoms with van der Waals surface area (Å²) in [7, 11) is 2.12. The van der Waals surface area contributed by atoms with E-state index in [-0.39, 0.29) is 48.9 Å². The van der Waals surface area contributed by atoms with Gasteiger partial charge in [0.2, 0.25) is 0 Å². The van der Waals surface area contributed by atoms with Gasteiger partial charge in [-0.3, -0.25) is 9.78 Å². The number of fused-ring (bicyclic) bond motifs is 6. The monoisotopic (exact) mass is 819 g/mol. The molecule has 0 atom stereocenters. The number of carbonyl (C=O) groups excluding carboxylic acids is 1. The van der Waals surface area contributed by atoms with E-state index >= 15 is 0 Å². The fourth-order valence-electron chi connectivity index (χ4n) is 6.73. The molecule has 0 unspecified atom stereocenters. The summed E-state index contributed by atoms with van der Waals surface area (Å²) in [5.41, 5.74) is 6.51. The van der Waals surface area contributed by atoms with E-state index in [2.05, 4.69) is 99.1 Å². The summed E-state index contributed by atoms with van der Waals surface area (Å²) in [6.45, 7) is 14.9. The molecule has 4 aromatic carbocycles. The van der Waals surface area contributed by atoms with Crippen LogP contribution in [0.2, 0.25) is 0 Å². The number of benzene rings is 4. The number of aliphatic hydroxyl groups excluding tert-OH is 1. The van der Waals surface area contributed by atoms with Gasteiger partial charge in [0, 0.05) is 56.1 Å². The van der Waals surface area contributed by atoms with Crippen molar-refractivity contribution in [2.24, 2.45) is 18.9 Å². The number of ketones is 1. The van der Waals surface area contributed by atoms with Gasteiger partial charge in [-0.15, -0.1) is 29.1 Å². The number of carbonyl (C=O) groups is 1. The average molecular weight is 819 g/mol. The second kappa shape index (κ2) is 15.6. The van der Waals surface area contributed by atoms with Gasteiger partial charge in [0.15, 0.2) is 5.78 Å². The molecule has 6 heteroatoms. The molecule has 1 N–H and O–H groups in total. The molecule has 0 saturated carbocycles. The van der Waals surface area contributed by atoms with Crippen LogP contribution in [0.3, 0.4) is 0 Å². The first-order valence-electron chi connectivity index (χ1n) is 17.0. The van der Waals surface area contributed by atoms with Crippen LogP contribution in [0.5, 0.6) is 0 Å². The molecule has 2 heterocycles. The Morgan fingerprint density at radius 2 is 1.48 bits per heavy atom. The van der Waals surface area contributed by atoms with Crippen molar-refractivity contribution in [3.05, 3.63) is 96.5 Å². The maximum Gasteiger partial charge on any atom is 0.162 e. The van der Waals surface area contributed by atoms with Gasteiger partial charge in [-0.25, -0.2) is 4.98 Å². The zero-order valence-corrected chi connectivity index (χ0v) is 31.9. The van der Waals surface area contributed by atoms with Crippen LogP contribution in [0.25, 0.3) is 54.7 Å². The van der Waals surface area contributed by atoms with Gasteiger partial charge in [-0.05, 0) is 53.5 Å². The third kappa shape index (κ3) is 7.26. The molecule has 48 heavy (non-hydrogen) atoms. The van der Waals surface area contributed by atoms with Gasteiger partial charge in [0.1, 0.15) is 6.33 Å². The molecule has 6 rings (SSSR count). The molecule has 1 radical (unpaired) electrons. The van der Waals surface area contributed by atoms with Crippen LogP contribution in [0.15, 0.2) is 84.9 Å². The number of rotatable bonds is 8. The van der Waals surface area contributed by atoms with Crippen LogP contribution in [-0.4, -0.2) is 25.4 Å². The van der Waals surface area contributed by atoms with Crippen LogP contribution >= 0.6 is 0 Å². The minimum Gasteiger partial charge on any atom is -0.512 e. The Kier molecular flexibility index (Phi) is 12.0. The van der Waals surface area contributed by atoms with E-state index in [1.807, 2.05) is 33.8 Å². The fourth-order valence-corrected chi connectivity index (χ4v) is 6.73. The van der Waals surface area contributed by atoms with Gasteiger partial charge in [0.05, 0.1) is 22.3 Å². The number of hydrogen-bond donors (Lipinski definition) is 1. The summed E-state index contributed by atoms with van der Waals surface area (Å²) >= 11 is 0. The molecule has 253 valence electrons. The van der Waals surface area contributed by atoms with Crippen LogP contribution in [0.4, 0.5) is 0 Å². The van der Waals surface area contributed by atoms with Gasteiger partial charge in [-0.2, -0.15) is 0 Å². The van der Waals surface area contributed by atoms with Gasteiger partial charge < -0.3 is 9.67 Å². The first kappa shape index (κ1) is 37.0. The predicted octanol–water partition coefficient (Wildman–Crippen LogP) is 11.1. The number of hydrogen-bond acceptors (Lipinski definition) is 4. The van der Waals surface area contributed by atoms with E-state index < -0.39 is 0 Å². The van der Waals surface area contributed by atoms with Crippen LogP contribution < -0.4 is 0 Å². The van der Waals surface area contributed by atoms with E-state index in [9.17, 15) is 9.90 Å². The van der Waals surface area contributed by atoms with Crippen molar-refractivity contribution in [3.63, 3.8) is 0 Å². The molecule has 6 aromatic rings. The van der Waals surface area contributed by atoms with E-state index in [0.717, 1.165) is 48.0 Å². The topological polar surface area (TPSA) is 68.0 Å². The third-order valence-electron chi connectivity index (χ3n) is 9.60. The molecule has 0 amide bonds. The summed E-state index contributed by atoms with van der Waals surface area (Å²) in [5, 5.41) is 15.8. The predicted molar refractivity (Wildman–Crippen MR) is 198 cm³/mol.